The molecule has 1 fully saturated rings. The van der Waals surface area contributed by atoms with Crippen molar-refractivity contribution in [3.63, 3.8) is 0 Å². The van der Waals surface area contributed by atoms with Crippen LogP contribution in [0.5, 0.6) is 5.75 Å². The molecule has 1 aromatic heterocycles. The van der Waals surface area contributed by atoms with Crippen LogP contribution in [0.25, 0.3) is 10.9 Å². The number of carbonyl (C=O) groups excluding carboxylic acids is 2. The molecule has 0 aliphatic carbocycles. The first-order valence-corrected chi connectivity index (χ1v) is 9.99. The fourth-order valence-electron chi connectivity index (χ4n) is 3.74. The zero-order valence-electron chi connectivity index (χ0n) is 17.5. The molecule has 0 bridgehead atoms. The summed E-state index contributed by atoms with van der Waals surface area (Å²) >= 11 is 0. The van der Waals surface area contributed by atoms with Crippen LogP contribution in [0.15, 0.2) is 48.5 Å². The van der Waals surface area contributed by atoms with Crippen LogP contribution in [0.3, 0.4) is 0 Å². The lowest BCUT2D eigenvalue weighted by atomic mass is 10.1. The number of aromatic nitrogens is 1. The van der Waals surface area contributed by atoms with Crippen molar-refractivity contribution < 1.29 is 14.3 Å². The Kier molecular flexibility index (Phi) is 5.35. The molecule has 156 valence electrons. The van der Waals surface area contributed by atoms with Gasteiger partial charge < -0.3 is 24.4 Å². The summed E-state index contributed by atoms with van der Waals surface area (Å²) in [5.74, 6) is 0.710. The van der Waals surface area contributed by atoms with E-state index in [4.69, 9.17) is 4.74 Å². The van der Waals surface area contributed by atoms with E-state index in [1.165, 1.54) is 0 Å². The van der Waals surface area contributed by atoms with Crippen LogP contribution in [0, 0.1) is 0 Å². The Morgan fingerprint density at radius 3 is 2.30 bits per heavy atom. The first kappa shape index (κ1) is 19.8. The molecule has 2 aromatic carbocycles. The van der Waals surface area contributed by atoms with E-state index in [0.717, 1.165) is 22.3 Å². The molecule has 1 aliphatic rings. The van der Waals surface area contributed by atoms with E-state index in [0.29, 0.717) is 37.4 Å². The summed E-state index contributed by atoms with van der Waals surface area (Å²) in [7, 11) is 5.53. The van der Waals surface area contributed by atoms with Crippen molar-refractivity contribution in [2.45, 2.75) is 0 Å². The van der Waals surface area contributed by atoms with Crippen LogP contribution in [-0.2, 0) is 0 Å². The largest absolute Gasteiger partial charge is 0.497 e. The van der Waals surface area contributed by atoms with Gasteiger partial charge in [0.05, 0.1) is 7.11 Å². The minimum atomic E-state index is -0.0492. The van der Waals surface area contributed by atoms with Crippen LogP contribution in [0.1, 0.15) is 20.8 Å². The minimum Gasteiger partial charge on any atom is -0.497 e. The monoisotopic (exact) mass is 406 g/mol. The van der Waals surface area contributed by atoms with Gasteiger partial charge >= 0.3 is 0 Å². The van der Waals surface area contributed by atoms with Gasteiger partial charge in [-0.1, -0.05) is 6.07 Å². The van der Waals surface area contributed by atoms with Gasteiger partial charge in [-0.25, -0.2) is 0 Å². The predicted octanol–water partition coefficient (Wildman–Crippen LogP) is 2.84. The SMILES string of the molecule is COc1ccc2[nH]c(C(=O)N3CCN(C(=O)c4cccc(N(C)C)c4)CC3)cc2c1. The molecule has 0 atom stereocenters. The van der Waals surface area contributed by atoms with E-state index < -0.39 is 0 Å². The highest BCUT2D eigenvalue weighted by Crippen LogP contribution is 2.23. The molecule has 2 heterocycles. The molecule has 0 saturated carbocycles. The number of carbonyl (C=O) groups is 2. The van der Waals surface area contributed by atoms with Crippen LogP contribution in [0.4, 0.5) is 5.69 Å². The lowest BCUT2D eigenvalue weighted by molar-refractivity contribution is 0.0533. The predicted molar refractivity (Wildman–Crippen MR) is 117 cm³/mol. The van der Waals surface area contributed by atoms with E-state index in [9.17, 15) is 9.59 Å². The summed E-state index contributed by atoms with van der Waals surface area (Å²) in [6.07, 6.45) is 0. The lowest BCUT2D eigenvalue weighted by Crippen LogP contribution is -2.50. The number of amides is 2. The topological polar surface area (TPSA) is 68.9 Å². The van der Waals surface area contributed by atoms with Gasteiger partial charge in [0.2, 0.25) is 0 Å². The third kappa shape index (κ3) is 3.83. The minimum absolute atomic E-state index is 0.00325. The van der Waals surface area contributed by atoms with Crippen molar-refractivity contribution in [3.8, 4) is 5.75 Å². The fourth-order valence-corrected chi connectivity index (χ4v) is 3.74. The van der Waals surface area contributed by atoms with E-state index >= 15 is 0 Å². The maximum atomic E-state index is 12.9. The molecule has 0 spiro atoms. The number of nitrogens with zero attached hydrogens (tertiary/aromatic N) is 3. The molecule has 3 aromatic rings. The number of benzene rings is 2. The zero-order valence-corrected chi connectivity index (χ0v) is 17.5. The third-order valence-electron chi connectivity index (χ3n) is 5.52. The Morgan fingerprint density at radius 1 is 0.933 bits per heavy atom. The first-order valence-electron chi connectivity index (χ1n) is 9.99. The first-order chi connectivity index (χ1) is 14.5. The highest BCUT2D eigenvalue weighted by atomic mass is 16.5. The molecule has 0 radical (unpaired) electrons. The van der Waals surface area contributed by atoms with Crippen LogP contribution < -0.4 is 9.64 Å². The second kappa shape index (κ2) is 8.10. The van der Waals surface area contributed by atoms with Gasteiger partial charge in [0, 0.05) is 62.4 Å². The Morgan fingerprint density at radius 2 is 1.63 bits per heavy atom. The number of H-pyrrole nitrogens is 1. The average Bonchev–Trinajstić information content (AvgIpc) is 3.21. The number of rotatable bonds is 4. The number of piperazine rings is 1. The Bertz CT molecular complexity index is 1080. The van der Waals surface area contributed by atoms with Crippen molar-refractivity contribution in [2.75, 3.05) is 52.3 Å². The second-order valence-electron chi connectivity index (χ2n) is 7.67. The van der Waals surface area contributed by atoms with Gasteiger partial charge in [0.25, 0.3) is 11.8 Å². The Labute approximate surface area is 175 Å². The van der Waals surface area contributed by atoms with E-state index in [-0.39, 0.29) is 11.8 Å². The number of methoxy groups -OCH3 is 1. The highest BCUT2D eigenvalue weighted by Gasteiger charge is 2.26. The highest BCUT2D eigenvalue weighted by molar-refractivity contribution is 5.99. The van der Waals surface area contributed by atoms with E-state index in [1.54, 1.807) is 12.0 Å². The van der Waals surface area contributed by atoms with Gasteiger partial charge in [0.15, 0.2) is 0 Å². The van der Waals surface area contributed by atoms with Crippen molar-refractivity contribution >= 4 is 28.4 Å². The molecule has 4 rings (SSSR count). The molecule has 1 saturated heterocycles. The van der Waals surface area contributed by atoms with Crippen LogP contribution in [0.2, 0.25) is 0 Å². The van der Waals surface area contributed by atoms with E-state index in [2.05, 4.69) is 4.98 Å². The number of anilines is 1. The van der Waals surface area contributed by atoms with Gasteiger partial charge in [-0.2, -0.15) is 0 Å². The maximum Gasteiger partial charge on any atom is 0.270 e. The molecule has 1 N–H and O–H groups in total. The van der Waals surface area contributed by atoms with Gasteiger partial charge in [-0.05, 0) is 42.5 Å². The van der Waals surface area contributed by atoms with Crippen molar-refractivity contribution in [1.29, 1.82) is 0 Å². The summed E-state index contributed by atoms with van der Waals surface area (Å²) in [5.41, 5.74) is 3.11. The average molecular weight is 406 g/mol. The summed E-state index contributed by atoms with van der Waals surface area (Å²) in [6, 6.07) is 15.1. The van der Waals surface area contributed by atoms with Crippen LogP contribution in [-0.4, -0.2) is 74.0 Å². The normalized spacial score (nSPS) is 14.1. The summed E-state index contributed by atoms with van der Waals surface area (Å²) in [4.78, 5) is 34.6. The van der Waals surface area contributed by atoms with Crippen molar-refractivity contribution in [3.05, 3.63) is 59.8 Å². The molecular formula is C23H26N4O3. The van der Waals surface area contributed by atoms with Gasteiger partial charge in [-0.3, -0.25) is 9.59 Å². The zero-order chi connectivity index (χ0) is 21.3. The lowest BCUT2D eigenvalue weighted by Gasteiger charge is -2.34. The molecule has 1 aliphatic heterocycles. The fraction of sp³-hybridized carbons (Fsp3) is 0.304. The quantitative estimate of drug-likeness (QED) is 0.723. The molecular weight excluding hydrogens is 380 g/mol. The number of hydrogen-bond acceptors (Lipinski definition) is 4. The standard InChI is InChI=1S/C23H26N4O3/c1-25(2)18-6-4-5-16(13-18)22(28)26-9-11-27(12-10-26)23(29)21-15-17-14-19(30-3)7-8-20(17)24-21/h4-8,13-15,24H,9-12H2,1-3H3. The summed E-state index contributed by atoms with van der Waals surface area (Å²) < 4.78 is 5.25. The number of hydrogen-bond donors (Lipinski definition) is 1. The Hall–Kier alpha value is -3.48. The molecule has 2 amide bonds. The van der Waals surface area contributed by atoms with E-state index in [1.807, 2.05) is 72.4 Å². The van der Waals surface area contributed by atoms with Crippen molar-refractivity contribution in [1.82, 2.24) is 14.8 Å². The van der Waals surface area contributed by atoms with Crippen LogP contribution >= 0.6 is 0 Å². The maximum absolute atomic E-state index is 12.9. The number of aromatic amines is 1. The smallest absolute Gasteiger partial charge is 0.270 e. The molecule has 7 nitrogen and oxygen atoms in total. The van der Waals surface area contributed by atoms with Gasteiger partial charge in [-0.15, -0.1) is 0 Å². The number of nitrogens with one attached hydrogen (secondary N) is 1. The van der Waals surface area contributed by atoms with Crippen molar-refractivity contribution in [2.24, 2.45) is 0 Å². The molecule has 0 unspecified atom stereocenters. The number of ether oxygens (including phenoxy) is 1. The second-order valence-corrected chi connectivity index (χ2v) is 7.67. The summed E-state index contributed by atoms with van der Waals surface area (Å²) in [5, 5.41) is 0.937. The number of fused-ring (bicyclic) bond motifs is 1. The molecule has 7 heteroatoms. The Balaban J connectivity index is 1.42. The third-order valence-corrected chi connectivity index (χ3v) is 5.52. The summed E-state index contributed by atoms with van der Waals surface area (Å²) in [6.45, 7) is 2.06. The molecule has 30 heavy (non-hydrogen) atoms. The van der Waals surface area contributed by atoms with Gasteiger partial charge in [0.1, 0.15) is 11.4 Å².